The molecule has 6 rings (SSSR count). The molecule has 2 heterocycles. The number of ether oxygens (including phenoxy) is 2. The minimum absolute atomic E-state index is 0.0352. The van der Waals surface area contributed by atoms with Gasteiger partial charge in [-0.2, -0.15) is 0 Å². The van der Waals surface area contributed by atoms with Crippen molar-refractivity contribution in [3.8, 4) is 11.5 Å². The molecule has 0 aliphatic carbocycles. The molecule has 2 saturated heterocycles. The number of para-hydroxylation sites is 1. The number of fused-ring (bicyclic) bond motifs is 1. The van der Waals surface area contributed by atoms with Crippen molar-refractivity contribution in [1.82, 2.24) is 5.06 Å². The first-order chi connectivity index (χ1) is 17.7. The van der Waals surface area contributed by atoms with Gasteiger partial charge in [-0.3, -0.25) is 4.84 Å². The van der Waals surface area contributed by atoms with Crippen molar-refractivity contribution in [2.45, 2.75) is 24.2 Å². The molecule has 182 valence electrons. The van der Waals surface area contributed by atoms with E-state index < -0.39 is 0 Å². The highest BCUT2D eigenvalue weighted by Gasteiger charge is 2.59. The number of hydroxylamine groups is 2. The van der Waals surface area contributed by atoms with Gasteiger partial charge in [0, 0.05) is 18.7 Å². The molecule has 4 aromatic rings. The van der Waals surface area contributed by atoms with E-state index in [0.29, 0.717) is 11.5 Å². The molecule has 0 spiro atoms. The predicted molar refractivity (Wildman–Crippen MR) is 141 cm³/mol. The standard InChI is InChI=1S/C31H30N2O3/c1-34-27-19-18-24(20-28(27)35-2)30-32(26-16-10-5-11-17-26)22-31(25-14-8-4-9-15-25)21-29(36-33(30)31)23-12-6-3-7-13-23/h3-20,29-30H,21-22H2,1-2H3. The molecule has 0 saturated carbocycles. The Labute approximate surface area is 212 Å². The average Bonchev–Trinajstić information content (AvgIpc) is 3.49. The summed E-state index contributed by atoms with van der Waals surface area (Å²) in [6.45, 7) is 0.795. The van der Waals surface area contributed by atoms with Crippen LogP contribution in [0.1, 0.15) is 35.4 Å². The SMILES string of the molecule is COc1ccc(C2N(c3ccccc3)CC3(c4ccccc4)CC(c4ccccc4)ON23)cc1OC. The highest BCUT2D eigenvalue weighted by molar-refractivity contribution is 5.54. The van der Waals surface area contributed by atoms with E-state index in [-0.39, 0.29) is 17.8 Å². The fourth-order valence-corrected chi connectivity index (χ4v) is 5.70. The molecule has 2 aliphatic rings. The molecule has 0 aromatic heterocycles. The van der Waals surface area contributed by atoms with Crippen LogP contribution in [0.15, 0.2) is 109 Å². The maximum absolute atomic E-state index is 6.90. The van der Waals surface area contributed by atoms with Gasteiger partial charge < -0.3 is 14.4 Å². The molecule has 0 amide bonds. The summed E-state index contributed by atoms with van der Waals surface area (Å²) in [6.07, 6.45) is 0.668. The second kappa shape index (κ2) is 9.34. The van der Waals surface area contributed by atoms with Crippen molar-refractivity contribution in [3.05, 3.63) is 126 Å². The van der Waals surface area contributed by atoms with E-state index in [9.17, 15) is 0 Å². The third-order valence-electron chi connectivity index (χ3n) is 7.41. The Hall–Kier alpha value is -3.80. The van der Waals surface area contributed by atoms with Crippen LogP contribution in [0, 0.1) is 0 Å². The van der Waals surface area contributed by atoms with Crippen LogP contribution in [-0.4, -0.2) is 25.8 Å². The van der Waals surface area contributed by atoms with Crippen LogP contribution in [-0.2, 0) is 10.4 Å². The molecule has 3 unspecified atom stereocenters. The summed E-state index contributed by atoms with van der Waals surface area (Å²) in [7, 11) is 3.34. The van der Waals surface area contributed by atoms with E-state index in [0.717, 1.165) is 24.2 Å². The van der Waals surface area contributed by atoms with Crippen LogP contribution < -0.4 is 14.4 Å². The maximum Gasteiger partial charge on any atom is 0.161 e. The highest BCUT2D eigenvalue weighted by Crippen LogP contribution is 2.57. The molecule has 4 aromatic carbocycles. The molecule has 0 N–H and O–H groups in total. The first-order valence-electron chi connectivity index (χ1n) is 12.3. The van der Waals surface area contributed by atoms with Crippen molar-refractivity contribution >= 4 is 5.69 Å². The van der Waals surface area contributed by atoms with Gasteiger partial charge in [-0.15, -0.1) is 5.06 Å². The number of methoxy groups -OCH3 is 2. The summed E-state index contributed by atoms with van der Waals surface area (Å²) in [5.74, 6) is 1.42. The predicted octanol–water partition coefficient (Wildman–Crippen LogP) is 6.50. The van der Waals surface area contributed by atoms with Gasteiger partial charge in [-0.1, -0.05) is 84.9 Å². The smallest absolute Gasteiger partial charge is 0.161 e. The summed E-state index contributed by atoms with van der Waals surface area (Å²) in [6, 6.07) is 38.0. The van der Waals surface area contributed by atoms with Crippen LogP contribution in [0.25, 0.3) is 0 Å². The minimum Gasteiger partial charge on any atom is -0.493 e. The monoisotopic (exact) mass is 478 g/mol. The summed E-state index contributed by atoms with van der Waals surface area (Å²) >= 11 is 0. The minimum atomic E-state index is -0.324. The summed E-state index contributed by atoms with van der Waals surface area (Å²) in [5, 5.41) is 2.23. The lowest BCUT2D eigenvalue weighted by Gasteiger charge is -2.33. The van der Waals surface area contributed by atoms with E-state index in [1.165, 1.54) is 11.1 Å². The number of hydrogen-bond acceptors (Lipinski definition) is 5. The van der Waals surface area contributed by atoms with Gasteiger partial charge in [0.2, 0.25) is 0 Å². The maximum atomic E-state index is 6.90. The van der Waals surface area contributed by atoms with Crippen LogP contribution in [0.2, 0.25) is 0 Å². The van der Waals surface area contributed by atoms with E-state index in [2.05, 4.69) is 113 Å². The Bertz CT molecular complexity index is 1320. The quantitative estimate of drug-likeness (QED) is 0.316. The van der Waals surface area contributed by atoms with Crippen molar-refractivity contribution in [2.24, 2.45) is 0 Å². The number of nitrogens with zero attached hydrogens (tertiary/aromatic N) is 2. The Morgan fingerprint density at radius 2 is 1.36 bits per heavy atom. The van der Waals surface area contributed by atoms with Gasteiger partial charge in [-0.05, 0) is 41.0 Å². The molecule has 3 atom stereocenters. The summed E-state index contributed by atoms with van der Waals surface area (Å²) in [5.41, 5.74) is 4.37. The topological polar surface area (TPSA) is 34.2 Å². The molecule has 2 aliphatic heterocycles. The van der Waals surface area contributed by atoms with Gasteiger partial charge in [0.1, 0.15) is 12.3 Å². The van der Waals surface area contributed by atoms with Crippen LogP contribution in [0.4, 0.5) is 5.69 Å². The molecular weight excluding hydrogens is 448 g/mol. The summed E-state index contributed by atoms with van der Waals surface area (Å²) < 4.78 is 11.2. The Balaban J connectivity index is 1.51. The Morgan fingerprint density at radius 1 is 0.722 bits per heavy atom. The molecule has 36 heavy (non-hydrogen) atoms. The van der Waals surface area contributed by atoms with Crippen molar-refractivity contribution in [2.75, 3.05) is 25.7 Å². The lowest BCUT2D eigenvalue weighted by atomic mass is 9.84. The zero-order valence-corrected chi connectivity index (χ0v) is 20.6. The highest BCUT2D eigenvalue weighted by atomic mass is 16.7. The molecule has 5 nitrogen and oxygen atoms in total. The first kappa shape index (κ1) is 22.7. The van der Waals surface area contributed by atoms with E-state index in [1.807, 2.05) is 6.07 Å². The van der Waals surface area contributed by atoms with E-state index in [4.69, 9.17) is 14.3 Å². The van der Waals surface area contributed by atoms with Gasteiger partial charge in [0.25, 0.3) is 0 Å². The van der Waals surface area contributed by atoms with E-state index >= 15 is 0 Å². The Morgan fingerprint density at radius 3 is 2.03 bits per heavy atom. The first-order valence-corrected chi connectivity index (χ1v) is 12.3. The second-order valence-corrected chi connectivity index (χ2v) is 9.38. The van der Waals surface area contributed by atoms with Crippen LogP contribution >= 0.6 is 0 Å². The second-order valence-electron chi connectivity index (χ2n) is 9.38. The fraction of sp³-hybridized carbons (Fsp3) is 0.226. The number of rotatable bonds is 6. The number of benzene rings is 4. The van der Waals surface area contributed by atoms with Crippen molar-refractivity contribution in [3.63, 3.8) is 0 Å². The normalized spacial score (nSPS) is 23.4. The van der Waals surface area contributed by atoms with Gasteiger partial charge in [-0.25, -0.2) is 0 Å². The Kier molecular flexibility index (Phi) is 5.88. The van der Waals surface area contributed by atoms with Crippen LogP contribution in [0.3, 0.4) is 0 Å². The fourth-order valence-electron chi connectivity index (χ4n) is 5.70. The molecular formula is C31H30N2O3. The third-order valence-corrected chi connectivity index (χ3v) is 7.41. The van der Waals surface area contributed by atoms with Gasteiger partial charge in [0.15, 0.2) is 11.5 Å². The molecule has 0 radical (unpaired) electrons. The third kappa shape index (κ3) is 3.72. The molecule has 5 heteroatoms. The lowest BCUT2D eigenvalue weighted by molar-refractivity contribution is -0.198. The number of anilines is 1. The zero-order valence-electron chi connectivity index (χ0n) is 20.6. The molecule has 0 bridgehead atoms. The average molecular weight is 479 g/mol. The molecule has 2 fully saturated rings. The van der Waals surface area contributed by atoms with E-state index in [1.54, 1.807) is 14.2 Å². The summed E-state index contributed by atoms with van der Waals surface area (Å²) in [4.78, 5) is 9.34. The van der Waals surface area contributed by atoms with Crippen LogP contribution in [0.5, 0.6) is 11.5 Å². The zero-order chi connectivity index (χ0) is 24.5. The van der Waals surface area contributed by atoms with Gasteiger partial charge >= 0.3 is 0 Å². The lowest BCUT2D eigenvalue weighted by Crippen LogP contribution is -2.37. The van der Waals surface area contributed by atoms with Crippen molar-refractivity contribution in [1.29, 1.82) is 0 Å². The van der Waals surface area contributed by atoms with Gasteiger partial charge in [0.05, 0.1) is 19.8 Å². The largest absolute Gasteiger partial charge is 0.493 e. The number of hydrogen-bond donors (Lipinski definition) is 0. The van der Waals surface area contributed by atoms with Crippen molar-refractivity contribution < 1.29 is 14.3 Å².